The average molecular weight is 257 g/mol. The maximum absolute atomic E-state index is 11.2. The highest BCUT2D eigenvalue weighted by molar-refractivity contribution is 5.94. The van der Waals surface area contributed by atoms with Gasteiger partial charge in [0.15, 0.2) is 5.78 Å². The van der Waals surface area contributed by atoms with E-state index in [-0.39, 0.29) is 5.78 Å². The molecular formula is C15H15NO3. The summed E-state index contributed by atoms with van der Waals surface area (Å²) in [6.45, 7) is 1.92. The number of aromatic nitrogens is 1. The number of Topliss-reactive ketones (excluding diaryl/α,β-unsaturated/α-hetero) is 1. The second-order valence-electron chi connectivity index (χ2n) is 4.08. The zero-order valence-electron chi connectivity index (χ0n) is 10.9. The van der Waals surface area contributed by atoms with Gasteiger partial charge in [-0.05, 0) is 30.7 Å². The molecule has 0 unspecified atom stereocenters. The van der Waals surface area contributed by atoms with Crippen molar-refractivity contribution in [3.05, 3.63) is 53.7 Å². The van der Waals surface area contributed by atoms with E-state index in [4.69, 9.17) is 9.47 Å². The normalized spacial score (nSPS) is 10.0. The molecule has 0 radical (unpaired) electrons. The number of hydrogen-bond donors (Lipinski definition) is 0. The molecule has 0 aliphatic heterocycles. The Morgan fingerprint density at radius 1 is 1.21 bits per heavy atom. The molecule has 2 rings (SSSR count). The van der Waals surface area contributed by atoms with Gasteiger partial charge in [-0.15, -0.1) is 0 Å². The Labute approximate surface area is 112 Å². The van der Waals surface area contributed by atoms with Crippen LogP contribution in [0.15, 0.2) is 42.6 Å². The van der Waals surface area contributed by atoms with Crippen molar-refractivity contribution < 1.29 is 14.3 Å². The molecule has 2 aromatic rings. The lowest BCUT2D eigenvalue weighted by Gasteiger charge is -2.07. The van der Waals surface area contributed by atoms with Crippen molar-refractivity contribution in [1.82, 2.24) is 4.98 Å². The molecule has 0 saturated carbocycles. The Kier molecular flexibility index (Phi) is 4.13. The van der Waals surface area contributed by atoms with Gasteiger partial charge < -0.3 is 9.47 Å². The predicted octanol–water partition coefficient (Wildman–Crippen LogP) is 2.87. The number of rotatable bonds is 5. The van der Waals surface area contributed by atoms with Crippen LogP contribution in [0.4, 0.5) is 0 Å². The van der Waals surface area contributed by atoms with Crippen LogP contribution < -0.4 is 9.47 Å². The van der Waals surface area contributed by atoms with E-state index in [1.807, 2.05) is 24.3 Å². The summed E-state index contributed by atoms with van der Waals surface area (Å²) >= 11 is 0. The minimum absolute atomic E-state index is 0.00306. The number of nitrogens with zero attached hydrogens (tertiary/aromatic N) is 1. The highest BCUT2D eigenvalue weighted by Gasteiger charge is 2.03. The number of pyridine rings is 1. The minimum Gasteiger partial charge on any atom is -0.497 e. The van der Waals surface area contributed by atoms with Crippen molar-refractivity contribution in [2.24, 2.45) is 0 Å². The van der Waals surface area contributed by atoms with Gasteiger partial charge in [-0.1, -0.05) is 12.1 Å². The molecule has 4 heteroatoms. The van der Waals surface area contributed by atoms with Crippen LogP contribution in [0.5, 0.6) is 11.6 Å². The first-order valence-corrected chi connectivity index (χ1v) is 5.92. The Balaban J connectivity index is 2.01. The van der Waals surface area contributed by atoms with E-state index < -0.39 is 0 Å². The second-order valence-corrected chi connectivity index (χ2v) is 4.08. The van der Waals surface area contributed by atoms with E-state index in [1.165, 1.54) is 6.92 Å². The van der Waals surface area contributed by atoms with Crippen molar-refractivity contribution >= 4 is 5.78 Å². The molecule has 0 bridgehead atoms. The molecule has 0 spiro atoms. The largest absolute Gasteiger partial charge is 0.497 e. The molecule has 4 nitrogen and oxygen atoms in total. The zero-order chi connectivity index (χ0) is 13.7. The maximum Gasteiger partial charge on any atom is 0.214 e. The van der Waals surface area contributed by atoms with Crippen LogP contribution in [0.3, 0.4) is 0 Å². The van der Waals surface area contributed by atoms with Gasteiger partial charge in [0.25, 0.3) is 0 Å². The monoisotopic (exact) mass is 257 g/mol. The zero-order valence-corrected chi connectivity index (χ0v) is 10.9. The van der Waals surface area contributed by atoms with Gasteiger partial charge in [0.2, 0.25) is 5.88 Å². The fraction of sp³-hybridized carbons (Fsp3) is 0.200. The molecule has 0 saturated heterocycles. The molecule has 0 N–H and O–H groups in total. The number of ketones is 1. The van der Waals surface area contributed by atoms with E-state index in [0.29, 0.717) is 18.1 Å². The van der Waals surface area contributed by atoms with Crippen LogP contribution in [-0.2, 0) is 6.61 Å². The standard InChI is InChI=1S/C15H15NO3/c1-11(17)13-7-8-16-15(9-13)19-10-12-3-5-14(18-2)6-4-12/h3-9H,10H2,1-2H3. The van der Waals surface area contributed by atoms with Crippen molar-refractivity contribution in [2.75, 3.05) is 7.11 Å². The van der Waals surface area contributed by atoms with Crippen molar-refractivity contribution in [3.8, 4) is 11.6 Å². The van der Waals surface area contributed by atoms with Crippen LogP contribution in [0.1, 0.15) is 22.8 Å². The lowest BCUT2D eigenvalue weighted by atomic mass is 10.2. The summed E-state index contributed by atoms with van der Waals surface area (Å²) in [5.74, 6) is 1.25. The Hall–Kier alpha value is -2.36. The molecule has 19 heavy (non-hydrogen) atoms. The Morgan fingerprint density at radius 3 is 2.58 bits per heavy atom. The fourth-order valence-electron chi connectivity index (χ4n) is 1.59. The topological polar surface area (TPSA) is 48.4 Å². The number of carbonyl (C=O) groups is 1. The molecular weight excluding hydrogens is 242 g/mol. The van der Waals surface area contributed by atoms with Crippen LogP contribution in [-0.4, -0.2) is 17.9 Å². The highest BCUT2D eigenvalue weighted by atomic mass is 16.5. The van der Waals surface area contributed by atoms with Crippen molar-refractivity contribution in [1.29, 1.82) is 0 Å². The van der Waals surface area contributed by atoms with Gasteiger partial charge in [-0.3, -0.25) is 4.79 Å². The maximum atomic E-state index is 11.2. The van der Waals surface area contributed by atoms with Crippen molar-refractivity contribution in [3.63, 3.8) is 0 Å². The first-order chi connectivity index (χ1) is 9.19. The summed E-state index contributed by atoms with van der Waals surface area (Å²) in [6, 6.07) is 10.9. The third-order valence-electron chi connectivity index (χ3n) is 2.69. The lowest BCUT2D eigenvalue weighted by molar-refractivity contribution is 0.101. The smallest absolute Gasteiger partial charge is 0.214 e. The second kappa shape index (κ2) is 6.00. The number of carbonyl (C=O) groups excluding carboxylic acids is 1. The number of benzene rings is 1. The molecule has 98 valence electrons. The quantitative estimate of drug-likeness (QED) is 0.773. The molecule has 0 atom stereocenters. The third kappa shape index (κ3) is 3.55. The summed E-state index contributed by atoms with van der Waals surface area (Å²) in [6.07, 6.45) is 1.57. The predicted molar refractivity (Wildman–Crippen MR) is 71.6 cm³/mol. The Bertz CT molecular complexity index is 564. The fourth-order valence-corrected chi connectivity index (χ4v) is 1.59. The summed E-state index contributed by atoms with van der Waals surface area (Å²) < 4.78 is 10.6. The molecule has 1 aromatic heterocycles. The van der Waals surface area contributed by atoms with E-state index in [2.05, 4.69) is 4.98 Å². The average Bonchev–Trinajstić information content (AvgIpc) is 2.46. The van der Waals surface area contributed by atoms with Crippen molar-refractivity contribution in [2.45, 2.75) is 13.5 Å². The molecule has 1 heterocycles. The SMILES string of the molecule is COc1ccc(COc2cc(C(C)=O)ccn2)cc1. The lowest BCUT2D eigenvalue weighted by Crippen LogP contribution is -1.99. The summed E-state index contributed by atoms with van der Waals surface area (Å²) in [5.41, 5.74) is 1.61. The van der Waals surface area contributed by atoms with Gasteiger partial charge in [0.05, 0.1) is 7.11 Å². The van der Waals surface area contributed by atoms with Crippen LogP contribution in [0, 0.1) is 0 Å². The molecule has 1 aromatic carbocycles. The molecule has 0 amide bonds. The first-order valence-electron chi connectivity index (χ1n) is 5.92. The molecule has 0 aliphatic rings. The van der Waals surface area contributed by atoms with E-state index in [0.717, 1.165) is 11.3 Å². The number of methoxy groups -OCH3 is 1. The summed E-state index contributed by atoms with van der Waals surface area (Å²) in [7, 11) is 1.63. The number of hydrogen-bond acceptors (Lipinski definition) is 4. The van der Waals surface area contributed by atoms with Gasteiger partial charge >= 0.3 is 0 Å². The molecule has 0 fully saturated rings. The van der Waals surface area contributed by atoms with E-state index >= 15 is 0 Å². The van der Waals surface area contributed by atoms with Crippen LogP contribution >= 0.6 is 0 Å². The first kappa shape index (κ1) is 13.1. The van der Waals surface area contributed by atoms with Gasteiger partial charge in [-0.25, -0.2) is 4.98 Å². The van der Waals surface area contributed by atoms with E-state index in [1.54, 1.807) is 25.4 Å². The minimum atomic E-state index is -0.00306. The Morgan fingerprint density at radius 2 is 1.95 bits per heavy atom. The van der Waals surface area contributed by atoms with Crippen LogP contribution in [0.25, 0.3) is 0 Å². The van der Waals surface area contributed by atoms with Gasteiger partial charge in [-0.2, -0.15) is 0 Å². The highest BCUT2D eigenvalue weighted by Crippen LogP contribution is 2.15. The van der Waals surface area contributed by atoms with Gasteiger partial charge in [0, 0.05) is 17.8 Å². The molecule has 0 aliphatic carbocycles. The summed E-state index contributed by atoms with van der Waals surface area (Å²) in [4.78, 5) is 15.3. The summed E-state index contributed by atoms with van der Waals surface area (Å²) in [5, 5.41) is 0. The van der Waals surface area contributed by atoms with Crippen LogP contribution in [0.2, 0.25) is 0 Å². The van der Waals surface area contributed by atoms with Gasteiger partial charge in [0.1, 0.15) is 12.4 Å². The van der Waals surface area contributed by atoms with E-state index in [9.17, 15) is 4.79 Å². The number of ether oxygens (including phenoxy) is 2. The third-order valence-corrected chi connectivity index (χ3v) is 2.69.